The standard InChI is InChI=1S/C12H10N4/c13-10-3-4-11-7-15-12(16(11)8-10)9-2-1-5-14-6-9/h1-8H,13H2. The van der Waals surface area contributed by atoms with Crippen molar-refractivity contribution in [1.29, 1.82) is 0 Å². The number of anilines is 1. The average molecular weight is 210 g/mol. The van der Waals surface area contributed by atoms with Crippen molar-refractivity contribution < 1.29 is 0 Å². The molecule has 16 heavy (non-hydrogen) atoms. The van der Waals surface area contributed by atoms with Crippen LogP contribution in [-0.2, 0) is 0 Å². The molecule has 0 fully saturated rings. The highest BCUT2D eigenvalue weighted by Crippen LogP contribution is 2.19. The molecule has 2 N–H and O–H groups in total. The molecule has 4 nitrogen and oxygen atoms in total. The normalized spacial score (nSPS) is 10.8. The third kappa shape index (κ3) is 1.32. The van der Waals surface area contributed by atoms with Gasteiger partial charge in [0.2, 0.25) is 0 Å². The predicted octanol–water partition coefficient (Wildman–Crippen LogP) is 1.98. The Balaban J connectivity index is 2.29. The number of nitrogens with zero attached hydrogens (tertiary/aromatic N) is 3. The zero-order valence-electron chi connectivity index (χ0n) is 8.54. The fraction of sp³-hybridized carbons (Fsp3) is 0. The van der Waals surface area contributed by atoms with Crippen LogP contribution in [0.1, 0.15) is 0 Å². The van der Waals surface area contributed by atoms with Crippen LogP contribution in [0.25, 0.3) is 16.9 Å². The molecule has 0 aliphatic rings. The van der Waals surface area contributed by atoms with Gasteiger partial charge in [-0.2, -0.15) is 0 Å². The van der Waals surface area contributed by atoms with Gasteiger partial charge in [-0.1, -0.05) is 0 Å². The minimum Gasteiger partial charge on any atom is -0.398 e. The molecule has 3 heterocycles. The number of nitrogen functional groups attached to an aromatic ring is 1. The zero-order chi connectivity index (χ0) is 11.0. The maximum atomic E-state index is 5.77. The second kappa shape index (κ2) is 3.34. The summed E-state index contributed by atoms with van der Waals surface area (Å²) < 4.78 is 1.96. The van der Waals surface area contributed by atoms with Crippen molar-refractivity contribution in [1.82, 2.24) is 14.4 Å². The van der Waals surface area contributed by atoms with Gasteiger partial charge in [0.25, 0.3) is 0 Å². The second-order valence-electron chi connectivity index (χ2n) is 3.58. The molecule has 0 amide bonds. The molecule has 3 aromatic heterocycles. The Hall–Kier alpha value is -2.36. The van der Waals surface area contributed by atoms with Crippen molar-refractivity contribution >= 4 is 11.2 Å². The summed E-state index contributed by atoms with van der Waals surface area (Å²) in [5.74, 6) is 0.857. The fourth-order valence-corrected chi connectivity index (χ4v) is 1.72. The van der Waals surface area contributed by atoms with Crippen LogP contribution in [-0.4, -0.2) is 14.4 Å². The van der Waals surface area contributed by atoms with Gasteiger partial charge in [-0.05, 0) is 24.3 Å². The monoisotopic (exact) mass is 210 g/mol. The van der Waals surface area contributed by atoms with Gasteiger partial charge in [-0.3, -0.25) is 9.38 Å². The Morgan fingerprint density at radius 3 is 2.88 bits per heavy atom. The van der Waals surface area contributed by atoms with Crippen molar-refractivity contribution in [3.05, 3.63) is 49.1 Å². The van der Waals surface area contributed by atoms with Crippen molar-refractivity contribution in [2.45, 2.75) is 0 Å². The van der Waals surface area contributed by atoms with Crippen LogP contribution in [0, 0.1) is 0 Å². The molecular weight excluding hydrogens is 200 g/mol. The lowest BCUT2D eigenvalue weighted by Crippen LogP contribution is -1.92. The fourth-order valence-electron chi connectivity index (χ4n) is 1.72. The highest BCUT2D eigenvalue weighted by molar-refractivity contribution is 5.63. The summed E-state index contributed by atoms with van der Waals surface area (Å²) in [5.41, 5.74) is 8.49. The summed E-state index contributed by atoms with van der Waals surface area (Å²) >= 11 is 0. The van der Waals surface area contributed by atoms with E-state index < -0.39 is 0 Å². The number of aromatic nitrogens is 3. The Bertz CT molecular complexity index is 628. The average Bonchev–Trinajstić information content (AvgIpc) is 2.73. The lowest BCUT2D eigenvalue weighted by Gasteiger charge is -2.01. The summed E-state index contributed by atoms with van der Waals surface area (Å²) in [6.45, 7) is 0. The van der Waals surface area contributed by atoms with E-state index in [9.17, 15) is 0 Å². The predicted molar refractivity (Wildman–Crippen MR) is 62.8 cm³/mol. The number of pyridine rings is 2. The van der Waals surface area contributed by atoms with Crippen LogP contribution in [0.2, 0.25) is 0 Å². The number of nitrogens with two attached hydrogens (primary N) is 1. The van der Waals surface area contributed by atoms with Crippen LogP contribution in [0.15, 0.2) is 49.1 Å². The summed E-state index contributed by atoms with van der Waals surface area (Å²) in [6.07, 6.45) is 7.22. The van der Waals surface area contributed by atoms with Gasteiger partial charge in [-0.25, -0.2) is 4.98 Å². The maximum Gasteiger partial charge on any atom is 0.146 e. The first kappa shape index (κ1) is 8.91. The summed E-state index contributed by atoms with van der Waals surface area (Å²) in [7, 11) is 0. The topological polar surface area (TPSA) is 56.2 Å². The van der Waals surface area contributed by atoms with E-state index in [4.69, 9.17) is 5.73 Å². The number of fused-ring (bicyclic) bond motifs is 1. The Morgan fingerprint density at radius 2 is 2.06 bits per heavy atom. The number of hydrogen-bond acceptors (Lipinski definition) is 3. The van der Waals surface area contributed by atoms with Crippen LogP contribution in [0.4, 0.5) is 5.69 Å². The minimum absolute atomic E-state index is 0.718. The lowest BCUT2D eigenvalue weighted by molar-refractivity contribution is 1.15. The first-order valence-electron chi connectivity index (χ1n) is 4.97. The highest BCUT2D eigenvalue weighted by atomic mass is 15.0. The molecule has 3 aromatic rings. The quantitative estimate of drug-likeness (QED) is 0.668. The largest absolute Gasteiger partial charge is 0.398 e. The van der Waals surface area contributed by atoms with Crippen molar-refractivity contribution in [3.8, 4) is 11.4 Å². The Kier molecular flexibility index (Phi) is 1.86. The molecule has 78 valence electrons. The Labute approximate surface area is 92.4 Å². The third-order valence-electron chi connectivity index (χ3n) is 2.47. The van der Waals surface area contributed by atoms with E-state index in [0.717, 1.165) is 22.6 Å². The SMILES string of the molecule is Nc1ccc2cnc(-c3cccnc3)n2c1. The molecule has 3 rings (SSSR count). The third-order valence-corrected chi connectivity index (χ3v) is 2.47. The summed E-state index contributed by atoms with van der Waals surface area (Å²) in [5, 5.41) is 0. The van der Waals surface area contributed by atoms with Crippen LogP contribution in [0.5, 0.6) is 0 Å². The molecule has 0 atom stereocenters. The van der Waals surface area contributed by atoms with Crippen LogP contribution < -0.4 is 5.73 Å². The Morgan fingerprint density at radius 1 is 1.12 bits per heavy atom. The van der Waals surface area contributed by atoms with Crippen molar-refractivity contribution in [3.63, 3.8) is 0 Å². The smallest absolute Gasteiger partial charge is 0.146 e. The van der Waals surface area contributed by atoms with Gasteiger partial charge in [-0.15, -0.1) is 0 Å². The first-order chi connectivity index (χ1) is 7.84. The van der Waals surface area contributed by atoms with Gasteiger partial charge in [0.05, 0.1) is 11.7 Å². The van der Waals surface area contributed by atoms with E-state index in [0.29, 0.717) is 0 Å². The van der Waals surface area contributed by atoms with E-state index in [1.807, 2.05) is 41.1 Å². The zero-order valence-corrected chi connectivity index (χ0v) is 8.54. The van der Waals surface area contributed by atoms with Crippen molar-refractivity contribution in [2.24, 2.45) is 0 Å². The molecule has 0 spiro atoms. The molecule has 0 unspecified atom stereocenters. The van der Waals surface area contributed by atoms with Gasteiger partial charge in [0, 0.05) is 29.8 Å². The van der Waals surface area contributed by atoms with Gasteiger partial charge >= 0.3 is 0 Å². The van der Waals surface area contributed by atoms with Crippen LogP contribution in [0.3, 0.4) is 0 Å². The number of hydrogen-bond donors (Lipinski definition) is 1. The van der Waals surface area contributed by atoms with E-state index in [-0.39, 0.29) is 0 Å². The van der Waals surface area contributed by atoms with Gasteiger partial charge < -0.3 is 5.73 Å². The van der Waals surface area contributed by atoms with Gasteiger partial charge in [0.1, 0.15) is 5.82 Å². The highest BCUT2D eigenvalue weighted by Gasteiger charge is 2.05. The van der Waals surface area contributed by atoms with E-state index in [1.54, 1.807) is 12.4 Å². The minimum atomic E-state index is 0.718. The molecule has 4 heteroatoms. The summed E-state index contributed by atoms with van der Waals surface area (Å²) in [4.78, 5) is 8.46. The van der Waals surface area contributed by atoms with E-state index in [2.05, 4.69) is 9.97 Å². The molecule has 0 saturated carbocycles. The lowest BCUT2D eigenvalue weighted by atomic mass is 10.3. The van der Waals surface area contributed by atoms with Gasteiger partial charge in [0.15, 0.2) is 0 Å². The second-order valence-corrected chi connectivity index (χ2v) is 3.58. The number of rotatable bonds is 1. The van der Waals surface area contributed by atoms with E-state index >= 15 is 0 Å². The molecular formula is C12H10N4. The molecule has 0 aromatic carbocycles. The molecule has 0 radical (unpaired) electrons. The molecule has 0 aliphatic carbocycles. The molecule has 0 aliphatic heterocycles. The first-order valence-corrected chi connectivity index (χ1v) is 4.97. The maximum absolute atomic E-state index is 5.77. The molecule has 0 bridgehead atoms. The molecule has 0 saturated heterocycles. The summed E-state index contributed by atoms with van der Waals surface area (Å²) in [6, 6.07) is 7.68. The number of imidazole rings is 1. The van der Waals surface area contributed by atoms with E-state index in [1.165, 1.54) is 0 Å². The van der Waals surface area contributed by atoms with Crippen LogP contribution >= 0.6 is 0 Å². The van der Waals surface area contributed by atoms with Crippen molar-refractivity contribution in [2.75, 3.05) is 5.73 Å².